The van der Waals surface area contributed by atoms with E-state index in [1.54, 1.807) is 0 Å². The molecule has 0 aliphatic carbocycles. The van der Waals surface area contributed by atoms with Crippen molar-refractivity contribution in [3.63, 3.8) is 0 Å². The van der Waals surface area contributed by atoms with Crippen molar-refractivity contribution < 1.29 is 5.48 Å². The molecule has 0 heterocycles. The molecule has 0 atom stereocenters. The summed E-state index contributed by atoms with van der Waals surface area (Å²) in [6.45, 7) is 0. The van der Waals surface area contributed by atoms with Gasteiger partial charge in [0.25, 0.3) is 0 Å². The summed E-state index contributed by atoms with van der Waals surface area (Å²) in [5.74, 6) is 0. The molecule has 0 aliphatic rings. The first-order chi connectivity index (χ1) is 27.9. The molecule has 0 amide bonds. The van der Waals surface area contributed by atoms with Gasteiger partial charge in [-0.2, -0.15) is 0 Å². The Morgan fingerprint density at radius 2 is 0.755 bits per heavy atom. The summed E-state index contributed by atoms with van der Waals surface area (Å²) in [4.78, 5) is 1.88. The molecular formula is C52H37N. The minimum absolute atomic E-state index is 0.0946. The Hall–Kier alpha value is -6.96. The van der Waals surface area contributed by atoms with Crippen LogP contribution in [0.3, 0.4) is 0 Å². The molecule has 0 saturated heterocycles. The normalized spacial score (nSPS) is 12.1. The van der Waals surface area contributed by atoms with E-state index < -0.39 is 0 Å². The van der Waals surface area contributed by atoms with Crippen molar-refractivity contribution in [1.82, 2.24) is 0 Å². The van der Waals surface area contributed by atoms with E-state index in [9.17, 15) is 5.48 Å². The Bertz CT molecular complexity index is 2840. The van der Waals surface area contributed by atoms with Gasteiger partial charge in [0.05, 0.1) is 11.2 Å². The quantitative estimate of drug-likeness (QED) is 0.154. The van der Waals surface area contributed by atoms with Gasteiger partial charge in [0.2, 0.25) is 0 Å². The SMILES string of the molecule is [2H]c1c([2H])c(N(c2ccc(-c3cccc(-c4ccc5ccccc5c4)c3)cc2)c2ccccc2-c2ccccc2)c([2H])c([2H])c1-c1ccc(-c2ccccc2)cc1. The summed E-state index contributed by atoms with van der Waals surface area (Å²) >= 11 is 0. The molecule has 0 unspecified atom stereocenters. The predicted molar refractivity (Wildman–Crippen MR) is 226 cm³/mol. The molecule has 9 rings (SSSR count). The van der Waals surface area contributed by atoms with E-state index >= 15 is 0 Å². The molecule has 0 bridgehead atoms. The van der Waals surface area contributed by atoms with E-state index in [1.807, 2.05) is 126 Å². The number of fused-ring (bicyclic) bond motifs is 1. The second-order valence-corrected chi connectivity index (χ2v) is 13.1. The zero-order chi connectivity index (χ0) is 38.9. The van der Waals surface area contributed by atoms with Crippen LogP contribution in [-0.2, 0) is 0 Å². The van der Waals surface area contributed by atoms with Gasteiger partial charge in [0.1, 0.15) is 0 Å². The van der Waals surface area contributed by atoms with Gasteiger partial charge in [-0.15, -0.1) is 0 Å². The zero-order valence-corrected chi connectivity index (χ0v) is 29.0. The lowest BCUT2D eigenvalue weighted by Crippen LogP contribution is -2.11. The summed E-state index contributed by atoms with van der Waals surface area (Å²) in [6.07, 6.45) is 0. The van der Waals surface area contributed by atoms with E-state index in [4.69, 9.17) is 0 Å². The third-order valence-corrected chi connectivity index (χ3v) is 9.75. The van der Waals surface area contributed by atoms with E-state index in [1.165, 1.54) is 10.8 Å². The minimum atomic E-state index is -0.117. The van der Waals surface area contributed by atoms with Crippen molar-refractivity contribution in [2.24, 2.45) is 0 Å². The smallest absolute Gasteiger partial charge is 0.0645 e. The van der Waals surface area contributed by atoms with Crippen LogP contribution >= 0.6 is 0 Å². The van der Waals surface area contributed by atoms with E-state index in [0.717, 1.165) is 50.2 Å². The largest absolute Gasteiger partial charge is 0.310 e. The maximum absolute atomic E-state index is 9.50. The highest BCUT2D eigenvalue weighted by atomic mass is 15.1. The maximum atomic E-state index is 9.50. The first-order valence-corrected chi connectivity index (χ1v) is 17.8. The lowest BCUT2D eigenvalue weighted by molar-refractivity contribution is 1.28. The fraction of sp³-hybridized carbons (Fsp3) is 0. The number of hydrogen-bond donors (Lipinski definition) is 0. The highest BCUT2D eigenvalue weighted by Crippen LogP contribution is 2.42. The van der Waals surface area contributed by atoms with Crippen LogP contribution in [0.2, 0.25) is 0 Å². The highest BCUT2D eigenvalue weighted by molar-refractivity contribution is 5.90. The second-order valence-electron chi connectivity index (χ2n) is 13.1. The third-order valence-electron chi connectivity index (χ3n) is 9.75. The molecule has 0 aromatic heterocycles. The molecule has 0 N–H and O–H groups in total. The zero-order valence-electron chi connectivity index (χ0n) is 33.0. The van der Waals surface area contributed by atoms with Crippen LogP contribution in [0, 0.1) is 0 Å². The molecule has 0 radical (unpaired) electrons. The molecule has 0 aliphatic heterocycles. The van der Waals surface area contributed by atoms with Crippen LogP contribution in [0.25, 0.3) is 66.4 Å². The number of nitrogens with zero attached hydrogens (tertiary/aromatic N) is 1. The van der Waals surface area contributed by atoms with Crippen molar-refractivity contribution in [2.75, 3.05) is 4.90 Å². The van der Waals surface area contributed by atoms with Crippen LogP contribution in [0.4, 0.5) is 17.1 Å². The third kappa shape index (κ3) is 6.65. The van der Waals surface area contributed by atoms with Crippen LogP contribution in [0.5, 0.6) is 0 Å². The predicted octanol–water partition coefficient (Wildman–Crippen LogP) is 14.6. The number of rotatable bonds is 8. The Balaban J connectivity index is 1.15. The van der Waals surface area contributed by atoms with Gasteiger partial charge in [-0.05, 0) is 103 Å². The number of hydrogen-bond acceptors (Lipinski definition) is 1. The summed E-state index contributed by atoms with van der Waals surface area (Å²) < 4.78 is 37.7. The summed E-state index contributed by atoms with van der Waals surface area (Å²) in [5.41, 5.74) is 10.9. The molecular weight excluding hydrogens is 639 g/mol. The number of anilines is 3. The Morgan fingerprint density at radius 1 is 0.283 bits per heavy atom. The molecule has 0 spiro atoms. The number of benzene rings is 9. The molecule has 9 aromatic rings. The van der Waals surface area contributed by atoms with E-state index in [2.05, 4.69) is 78.9 Å². The van der Waals surface area contributed by atoms with Crippen LogP contribution in [0.15, 0.2) is 224 Å². The fourth-order valence-corrected chi connectivity index (χ4v) is 6.99. The monoisotopic (exact) mass is 679 g/mol. The van der Waals surface area contributed by atoms with Crippen molar-refractivity contribution in [1.29, 1.82) is 0 Å². The fourth-order valence-electron chi connectivity index (χ4n) is 6.99. The summed E-state index contributed by atoms with van der Waals surface area (Å²) in [5, 5.41) is 2.41. The van der Waals surface area contributed by atoms with Gasteiger partial charge in [-0.25, -0.2) is 0 Å². The van der Waals surface area contributed by atoms with Gasteiger partial charge in [0.15, 0.2) is 0 Å². The van der Waals surface area contributed by atoms with Crippen LogP contribution in [-0.4, -0.2) is 0 Å². The molecule has 0 saturated carbocycles. The Labute approximate surface area is 317 Å². The summed E-state index contributed by atoms with van der Waals surface area (Å²) in [7, 11) is 0. The molecule has 0 fully saturated rings. The minimum Gasteiger partial charge on any atom is -0.310 e. The lowest BCUT2D eigenvalue weighted by Gasteiger charge is -2.28. The van der Waals surface area contributed by atoms with E-state index in [-0.39, 0.29) is 35.4 Å². The average Bonchev–Trinajstić information content (AvgIpc) is 3.28. The maximum Gasteiger partial charge on any atom is 0.0645 e. The Kier molecular flexibility index (Phi) is 7.50. The highest BCUT2D eigenvalue weighted by Gasteiger charge is 2.17. The molecule has 1 nitrogen and oxygen atoms in total. The molecule has 9 aromatic carbocycles. The molecule has 250 valence electrons. The average molecular weight is 680 g/mol. The summed E-state index contributed by atoms with van der Waals surface area (Å²) in [6, 6.07) is 66.9. The van der Waals surface area contributed by atoms with Crippen molar-refractivity contribution in [3.8, 4) is 55.6 Å². The van der Waals surface area contributed by atoms with Crippen molar-refractivity contribution in [3.05, 3.63) is 224 Å². The second kappa shape index (κ2) is 14.3. The van der Waals surface area contributed by atoms with Gasteiger partial charge in [-0.3, -0.25) is 0 Å². The topological polar surface area (TPSA) is 3.24 Å². The van der Waals surface area contributed by atoms with Crippen molar-refractivity contribution in [2.45, 2.75) is 0 Å². The lowest BCUT2D eigenvalue weighted by atomic mass is 9.97. The number of para-hydroxylation sites is 1. The standard InChI is InChI=1S/C52H37N/c1-3-12-38(13-4-1)40-22-24-41(25-23-40)42-28-32-49(33-29-42)53(52-21-10-9-20-51(52)44-15-5-2-6-16-44)50-34-30-43(31-35-50)46-18-11-19-47(36-46)48-27-26-39-14-7-8-17-45(39)37-48/h1-37H/i28D,29D,32D,33D. The van der Waals surface area contributed by atoms with Gasteiger partial charge in [-0.1, -0.05) is 182 Å². The Morgan fingerprint density at radius 3 is 1.47 bits per heavy atom. The molecule has 53 heavy (non-hydrogen) atoms. The first kappa shape index (κ1) is 27.7. The van der Waals surface area contributed by atoms with Gasteiger partial charge >= 0.3 is 0 Å². The van der Waals surface area contributed by atoms with Crippen LogP contribution in [0.1, 0.15) is 5.48 Å². The van der Waals surface area contributed by atoms with E-state index in [0.29, 0.717) is 11.3 Å². The molecule has 1 heteroatoms. The van der Waals surface area contributed by atoms with Gasteiger partial charge < -0.3 is 4.90 Å². The first-order valence-electron chi connectivity index (χ1n) is 19.8. The van der Waals surface area contributed by atoms with Crippen molar-refractivity contribution >= 4 is 27.8 Å². The van der Waals surface area contributed by atoms with Crippen LogP contribution < -0.4 is 4.90 Å². The van der Waals surface area contributed by atoms with Gasteiger partial charge in [0, 0.05) is 16.9 Å².